The molecule has 31 heavy (non-hydrogen) atoms. The van der Waals surface area contributed by atoms with Gasteiger partial charge in [-0.3, -0.25) is 0 Å². The van der Waals surface area contributed by atoms with Crippen LogP contribution in [0.5, 0.6) is 0 Å². The van der Waals surface area contributed by atoms with Crippen molar-refractivity contribution in [3.63, 3.8) is 0 Å². The van der Waals surface area contributed by atoms with E-state index in [1.165, 1.54) is 29.0 Å². The molecule has 5 heterocycles. The molecule has 6 nitrogen and oxygen atoms in total. The number of rotatable bonds is 3. The van der Waals surface area contributed by atoms with Gasteiger partial charge in [-0.2, -0.15) is 18.3 Å². The molecule has 0 aliphatic carbocycles. The van der Waals surface area contributed by atoms with Crippen LogP contribution in [0.1, 0.15) is 40.7 Å². The summed E-state index contributed by atoms with van der Waals surface area (Å²) in [6.07, 6.45) is -2.71. The highest BCUT2D eigenvalue weighted by molar-refractivity contribution is 5.58. The smallest absolute Gasteiger partial charge is 0.348 e. The zero-order chi connectivity index (χ0) is 21.8. The predicted molar refractivity (Wildman–Crippen MR) is 101 cm³/mol. The molecular formula is C20H15F5N6. The molecule has 0 saturated heterocycles. The molecule has 4 aromatic heterocycles. The Kier molecular flexibility index (Phi) is 4.42. The Morgan fingerprint density at radius 3 is 2.68 bits per heavy atom. The molecule has 1 atom stereocenters. The fourth-order valence-electron chi connectivity index (χ4n) is 3.92. The van der Waals surface area contributed by atoms with E-state index in [1.807, 2.05) is 0 Å². The lowest BCUT2D eigenvalue weighted by Gasteiger charge is -2.35. The second kappa shape index (κ2) is 7.03. The van der Waals surface area contributed by atoms with E-state index in [9.17, 15) is 22.0 Å². The number of H-pyrrole nitrogens is 1. The maximum absolute atomic E-state index is 13.4. The monoisotopic (exact) mass is 434 g/mol. The summed E-state index contributed by atoms with van der Waals surface area (Å²) in [4.78, 5) is 13.2. The Bertz CT molecular complexity index is 1230. The van der Waals surface area contributed by atoms with Gasteiger partial charge in [0.15, 0.2) is 0 Å². The molecule has 0 amide bonds. The number of hydrogen-bond acceptors (Lipinski definition) is 4. The molecule has 0 spiro atoms. The third-order valence-corrected chi connectivity index (χ3v) is 5.36. The van der Waals surface area contributed by atoms with Gasteiger partial charge in [0.05, 0.1) is 28.8 Å². The lowest BCUT2D eigenvalue weighted by atomic mass is 9.99. The third-order valence-electron chi connectivity index (χ3n) is 5.36. The molecule has 0 fully saturated rings. The maximum Gasteiger partial charge on any atom is 0.417 e. The van der Waals surface area contributed by atoms with Crippen molar-refractivity contribution in [3.8, 4) is 0 Å². The topological polar surface area (TPSA) is 62.1 Å². The van der Waals surface area contributed by atoms with Gasteiger partial charge in [-0.05, 0) is 30.3 Å². The van der Waals surface area contributed by atoms with Crippen molar-refractivity contribution in [1.29, 1.82) is 0 Å². The van der Waals surface area contributed by atoms with Crippen molar-refractivity contribution in [1.82, 2.24) is 24.6 Å². The summed E-state index contributed by atoms with van der Waals surface area (Å²) in [5, 5.41) is 4.47. The highest BCUT2D eigenvalue weighted by atomic mass is 19.4. The Labute approximate surface area is 172 Å². The van der Waals surface area contributed by atoms with Crippen LogP contribution in [0.15, 0.2) is 49.1 Å². The van der Waals surface area contributed by atoms with Gasteiger partial charge >= 0.3 is 6.18 Å². The average molecular weight is 434 g/mol. The highest BCUT2D eigenvalue weighted by Crippen LogP contribution is 2.37. The van der Waals surface area contributed by atoms with Crippen LogP contribution in [0, 0.1) is 0 Å². The number of hydrogen-bond donors (Lipinski definition) is 1. The van der Waals surface area contributed by atoms with Crippen LogP contribution in [0.2, 0.25) is 0 Å². The number of imidazole rings is 1. The molecule has 0 radical (unpaired) electrons. The van der Waals surface area contributed by atoms with Crippen LogP contribution in [0.4, 0.5) is 27.8 Å². The quantitative estimate of drug-likeness (QED) is 0.480. The number of aromatic amines is 1. The fourth-order valence-corrected chi connectivity index (χ4v) is 3.92. The minimum absolute atomic E-state index is 0.154. The van der Waals surface area contributed by atoms with Gasteiger partial charge in [0.25, 0.3) is 6.43 Å². The first kappa shape index (κ1) is 19.5. The fraction of sp³-hybridized carbons (Fsp3) is 0.250. The predicted octanol–water partition coefficient (Wildman–Crippen LogP) is 4.56. The van der Waals surface area contributed by atoms with E-state index in [1.54, 1.807) is 17.2 Å². The molecular weight excluding hydrogens is 419 g/mol. The van der Waals surface area contributed by atoms with Crippen molar-refractivity contribution in [2.24, 2.45) is 0 Å². The van der Waals surface area contributed by atoms with E-state index >= 15 is 0 Å². The van der Waals surface area contributed by atoms with Gasteiger partial charge < -0.3 is 9.88 Å². The molecule has 1 unspecified atom stereocenters. The second-order valence-electron chi connectivity index (χ2n) is 7.18. The molecule has 11 heteroatoms. The number of halogens is 5. The number of aromatic nitrogens is 5. The van der Waals surface area contributed by atoms with Gasteiger partial charge in [0, 0.05) is 36.6 Å². The first-order valence-corrected chi connectivity index (χ1v) is 9.41. The molecule has 0 saturated carbocycles. The first-order valence-electron chi connectivity index (χ1n) is 9.41. The summed E-state index contributed by atoms with van der Waals surface area (Å²) in [5.74, 6) is 0.317. The van der Waals surface area contributed by atoms with Crippen LogP contribution in [-0.2, 0) is 12.6 Å². The zero-order valence-corrected chi connectivity index (χ0v) is 15.8. The Morgan fingerprint density at radius 1 is 1.13 bits per heavy atom. The Balaban J connectivity index is 1.62. The SMILES string of the molecule is FC(F)c1cccn2nc(C3c4nc[nH]c4CCN3c3ccc(C(F)(F)F)cn3)cc12. The van der Waals surface area contributed by atoms with Crippen molar-refractivity contribution < 1.29 is 22.0 Å². The van der Waals surface area contributed by atoms with Crippen LogP contribution >= 0.6 is 0 Å². The largest absolute Gasteiger partial charge is 0.417 e. The molecule has 1 N–H and O–H groups in total. The molecule has 4 aromatic rings. The molecule has 160 valence electrons. The summed E-state index contributed by atoms with van der Waals surface area (Å²) < 4.78 is 67.1. The first-order chi connectivity index (χ1) is 14.8. The van der Waals surface area contributed by atoms with E-state index in [2.05, 4.69) is 20.1 Å². The number of anilines is 1. The molecule has 0 bridgehead atoms. The Hall–Kier alpha value is -3.50. The van der Waals surface area contributed by atoms with Crippen LogP contribution in [-0.4, -0.2) is 31.1 Å². The van der Waals surface area contributed by atoms with Crippen molar-refractivity contribution >= 4 is 11.3 Å². The van der Waals surface area contributed by atoms with Crippen LogP contribution in [0.3, 0.4) is 0 Å². The molecule has 1 aliphatic heterocycles. The van der Waals surface area contributed by atoms with Crippen LogP contribution < -0.4 is 4.90 Å². The van der Waals surface area contributed by atoms with E-state index in [0.29, 0.717) is 30.2 Å². The normalized spacial score (nSPS) is 16.8. The van der Waals surface area contributed by atoms with Gasteiger partial charge in [0.1, 0.15) is 11.9 Å². The number of alkyl halides is 5. The lowest BCUT2D eigenvalue weighted by molar-refractivity contribution is -0.137. The van der Waals surface area contributed by atoms with Crippen molar-refractivity contribution in [2.75, 3.05) is 11.4 Å². The van der Waals surface area contributed by atoms with Gasteiger partial charge in [-0.25, -0.2) is 23.3 Å². The minimum Gasteiger partial charge on any atom is -0.348 e. The average Bonchev–Trinajstić information content (AvgIpc) is 3.38. The summed E-state index contributed by atoms with van der Waals surface area (Å²) >= 11 is 0. The molecule has 5 rings (SSSR count). The molecule has 0 aromatic carbocycles. The zero-order valence-electron chi connectivity index (χ0n) is 15.8. The van der Waals surface area contributed by atoms with E-state index in [-0.39, 0.29) is 11.1 Å². The summed E-state index contributed by atoms with van der Waals surface area (Å²) in [6.45, 7) is 0.438. The number of fused-ring (bicyclic) bond motifs is 2. The summed E-state index contributed by atoms with van der Waals surface area (Å²) in [7, 11) is 0. The maximum atomic E-state index is 13.4. The van der Waals surface area contributed by atoms with E-state index in [0.717, 1.165) is 18.0 Å². The van der Waals surface area contributed by atoms with Crippen LogP contribution in [0.25, 0.3) is 5.52 Å². The molecule has 1 aliphatic rings. The second-order valence-corrected chi connectivity index (χ2v) is 7.18. The van der Waals surface area contributed by atoms with E-state index < -0.39 is 24.2 Å². The third kappa shape index (κ3) is 3.29. The number of nitrogens with zero attached hydrogens (tertiary/aromatic N) is 5. The number of nitrogens with one attached hydrogen (secondary N) is 1. The summed E-state index contributed by atoms with van der Waals surface area (Å²) in [6, 6.07) is 6.06. The standard InChI is InChI=1S/C20H15F5N6/c21-19(22)12-2-1-6-31-15(12)8-14(29-31)18-17-13(27-10-28-17)5-7-30(18)16-4-3-11(9-26-16)20(23,24)25/h1-4,6,8-10,18-19H,5,7H2,(H,27,28). The van der Waals surface area contributed by atoms with Crippen molar-refractivity contribution in [2.45, 2.75) is 25.1 Å². The van der Waals surface area contributed by atoms with Gasteiger partial charge in [-0.1, -0.05) is 0 Å². The number of pyridine rings is 2. The van der Waals surface area contributed by atoms with Gasteiger partial charge in [0.2, 0.25) is 0 Å². The van der Waals surface area contributed by atoms with Crippen molar-refractivity contribution in [3.05, 3.63) is 77.3 Å². The minimum atomic E-state index is -4.49. The lowest BCUT2D eigenvalue weighted by Crippen LogP contribution is -2.37. The highest BCUT2D eigenvalue weighted by Gasteiger charge is 2.35. The Morgan fingerprint density at radius 2 is 1.97 bits per heavy atom. The van der Waals surface area contributed by atoms with Gasteiger partial charge in [-0.15, -0.1) is 0 Å². The summed E-state index contributed by atoms with van der Waals surface area (Å²) in [5.41, 5.74) is 1.20. The van der Waals surface area contributed by atoms with E-state index in [4.69, 9.17) is 0 Å².